The predicted octanol–water partition coefficient (Wildman–Crippen LogP) is 2.02. The summed E-state index contributed by atoms with van der Waals surface area (Å²) in [6.45, 7) is 8.07. The molecule has 0 radical (unpaired) electrons. The second-order valence-electron chi connectivity index (χ2n) is 5.39. The summed E-state index contributed by atoms with van der Waals surface area (Å²) in [5.41, 5.74) is 6.83. The highest BCUT2D eigenvalue weighted by Crippen LogP contribution is 2.18. The Hall–Kier alpha value is -1.35. The smallest absolute Gasteiger partial charge is 0.242 e. The van der Waals surface area contributed by atoms with E-state index in [1.807, 2.05) is 27.7 Å². The Kier molecular flexibility index (Phi) is 6.41. The summed E-state index contributed by atoms with van der Waals surface area (Å²) in [5, 5.41) is 0. The van der Waals surface area contributed by atoms with Crippen LogP contribution in [-0.2, 0) is 10.0 Å². The van der Waals surface area contributed by atoms with Crippen molar-refractivity contribution in [3.8, 4) is 11.8 Å². The first-order chi connectivity index (χ1) is 9.81. The van der Waals surface area contributed by atoms with Crippen molar-refractivity contribution >= 4 is 10.0 Å². The van der Waals surface area contributed by atoms with Gasteiger partial charge in [-0.25, -0.2) is 13.1 Å². The van der Waals surface area contributed by atoms with Crippen molar-refractivity contribution in [2.45, 2.75) is 45.1 Å². The van der Waals surface area contributed by atoms with Gasteiger partial charge in [-0.05, 0) is 37.0 Å². The molecule has 4 nitrogen and oxygen atoms in total. The molecule has 0 saturated carbocycles. The second-order valence-corrected chi connectivity index (χ2v) is 7.07. The summed E-state index contributed by atoms with van der Waals surface area (Å²) >= 11 is 0. The van der Waals surface area contributed by atoms with Crippen molar-refractivity contribution < 1.29 is 8.42 Å². The minimum Gasteiger partial charge on any atom is -0.320 e. The van der Waals surface area contributed by atoms with Crippen molar-refractivity contribution in [2.24, 2.45) is 11.7 Å². The normalized spacial score (nSPS) is 12.9. The summed E-state index contributed by atoms with van der Waals surface area (Å²) in [6, 6.07) is 5.06. The highest BCUT2D eigenvalue weighted by atomic mass is 32.2. The van der Waals surface area contributed by atoms with Gasteiger partial charge < -0.3 is 5.73 Å². The van der Waals surface area contributed by atoms with Crippen molar-refractivity contribution in [3.63, 3.8) is 0 Å². The van der Waals surface area contributed by atoms with E-state index in [9.17, 15) is 8.42 Å². The largest absolute Gasteiger partial charge is 0.320 e. The number of hydrogen-bond donors (Lipinski definition) is 2. The van der Waals surface area contributed by atoms with E-state index < -0.39 is 10.0 Å². The quantitative estimate of drug-likeness (QED) is 0.817. The Morgan fingerprint density at radius 3 is 2.52 bits per heavy atom. The fourth-order valence-corrected chi connectivity index (χ4v) is 3.69. The molecule has 0 bridgehead atoms. The molecule has 1 rings (SSSR count). The maximum atomic E-state index is 12.6. The van der Waals surface area contributed by atoms with Crippen LogP contribution in [0.1, 0.15) is 38.3 Å². The minimum atomic E-state index is -3.59. The molecule has 0 saturated heterocycles. The van der Waals surface area contributed by atoms with E-state index >= 15 is 0 Å². The van der Waals surface area contributed by atoms with Crippen molar-refractivity contribution in [3.05, 3.63) is 29.3 Å². The molecule has 3 N–H and O–H groups in total. The molecular formula is C16H24N2O2S. The van der Waals surface area contributed by atoms with Crippen molar-refractivity contribution in [2.75, 3.05) is 6.54 Å². The minimum absolute atomic E-state index is 0.0911. The summed E-state index contributed by atoms with van der Waals surface area (Å²) in [5.74, 6) is 5.80. The molecule has 0 amide bonds. The second kappa shape index (κ2) is 7.60. The van der Waals surface area contributed by atoms with Gasteiger partial charge in [0.2, 0.25) is 10.0 Å². The van der Waals surface area contributed by atoms with E-state index in [4.69, 9.17) is 5.73 Å². The Morgan fingerprint density at radius 1 is 1.33 bits per heavy atom. The van der Waals surface area contributed by atoms with Crippen LogP contribution >= 0.6 is 0 Å². The molecule has 0 aliphatic rings. The van der Waals surface area contributed by atoms with E-state index in [0.717, 1.165) is 12.0 Å². The zero-order valence-corrected chi connectivity index (χ0v) is 13.9. The van der Waals surface area contributed by atoms with Crippen LogP contribution < -0.4 is 10.5 Å². The highest BCUT2D eigenvalue weighted by molar-refractivity contribution is 7.89. The van der Waals surface area contributed by atoms with Crippen LogP contribution in [0.3, 0.4) is 0 Å². The zero-order chi connectivity index (χ0) is 16.0. The van der Waals surface area contributed by atoms with E-state index in [2.05, 4.69) is 16.6 Å². The van der Waals surface area contributed by atoms with Gasteiger partial charge in [-0.1, -0.05) is 38.7 Å². The molecule has 0 aromatic heterocycles. The van der Waals surface area contributed by atoms with Gasteiger partial charge in [0.25, 0.3) is 0 Å². The third kappa shape index (κ3) is 4.85. The Bertz CT molecular complexity index is 640. The first-order valence-electron chi connectivity index (χ1n) is 7.13. The molecule has 21 heavy (non-hydrogen) atoms. The summed E-state index contributed by atoms with van der Waals surface area (Å²) in [7, 11) is -3.59. The lowest BCUT2D eigenvalue weighted by molar-refractivity contribution is 0.437. The third-order valence-electron chi connectivity index (χ3n) is 3.30. The Labute approximate surface area is 128 Å². The first kappa shape index (κ1) is 17.7. The number of rotatable bonds is 5. The fourth-order valence-electron chi connectivity index (χ4n) is 2.08. The highest BCUT2D eigenvalue weighted by Gasteiger charge is 2.23. The van der Waals surface area contributed by atoms with E-state index in [1.165, 1.54) is 0 Å². The first-order valence-corrected chi connectivity index (χ1v) is 8.62. The van der Waals surface area contributed by atoms with Crippen molar-refractivity contribution in [1.82, 2.24) is 4.72 Å². The predicted molar refractivity (Wildman–Crippen MR) is 86.3 cm³/mol. The van der Waals surface area contributed by atoms with Crippen LogP contribution in [0.2, 0.25) is 0 Å². The van der Waals surface area contributed by atoms with Crippen LogP contribution in [0.5, 0.6) is 0 Å². The molecule has 0 aliphatic heterocycles. The van der Waals surface area contributed by atoms with E-state index in [1.54, 1.807) is 18.2 Å². The van der Waals surface area contributed by atoms with Gasteiger partial charge in [-0.15, -0.1) is 0 Å². The molecule has 0 heterocycles. The number of aryl methyl sites for hydroxylation is 1. The maximum Gasteiger partial charge on any atom is 0.242 e. The Morgan fingerprint density at radius 2 is 2.00 bits per heavy atom. The lowest BCUT2D eigenvalue weighted by atomic mass is 10.0. The molecule has 116 valence electrons. The van der Waals surface area contributed by atoms with Gasteiger partial charge >= 0.3 is 0 Å². The Balaban J connectivity index is 3.25. The topological polar surface area (TPSA) is 72.2 Å². The lowest BCUT2D eigenvalue weighted by Crippen LogP contribution is -2.38. The monoisotopic (exact) mass is 308 g/mol. The average Bonchev–Trinajstić information content (AvgIpc) is 2.42. The van der Waals surface area contributed by atoms with Crippen LogP contribution in [-0.4, -0.2) is 21.0 Å². The molecule has 1 unspecified atom stereocenters. The van der Waals surface area contributed by atoms with E-state index in [0.29, 0.717) is 5.56 Å². The maximum absolute atomic E-state index is 12.6. The number of nitrogens with one attached hydrogen (secondary N) is 1. The molecule has 0 aliphatic carbocycles. The summed E-state index contributed by atoms with van der Waals surface area (Å²) in [4.78, 5) is 0.216. The third-order valence-corrected chi connectivity index (χ3v) is 4.85. The molecule has 0 fully saturated rings. The van der Waals surface area contributed by atoms with Gasteiger partial charge in [0.15, 0.2) is 0 Å². The fraction of sp³-hybridized carbons (Fsp3) is 0.500. The van der Waals surface area contributed by atoms with Gasteiger partial charge in [-0.3, -0.25) is 0 Å². The zero-order valence-electron chi connectivity index (χ0n) is 13.1. The number of benzene rings is 1. The molecule has 1 atom stereocenters. The van der Waals surface area contributed by atoms with Crippen LogP contribution in [0.4, 0.5) is 0 Å². The van der Waals surface area contributed by atoms with Crippen LogP contribution in [0, 0.1) is 24.7 Å². The standard InChI is InChI=1S/C16H24N2O2S/c1-5-15(12(2)3)18-21(19,20)16-9-8-13(4)11-14(16)7-6-10-17/h8-9,11-12,15,18H,5,10,17H2,1-4H3. The van der Waals surface area contributed by atoms with Crippen LogP contribution in [0.15, 0.2) is 23.1 Å². The van der Waals surface area contributed by atoms with Gasteiger partial charge in [0.05, 0.1) is 11.4 Å². The molecule has 1 aromatic rings. The molecule has 1 aromatic carbocycles. The lowest BCUT2D eigenvalue weighted by Gasteiger charge is -2.21. The van der Waals surface area contributed by atoms with E-state index in [-0.39, 0.29) is 23.4 Å². The number of nitrogens with two attached hydrogens (primary N) is 1. The molecule has 0 spiro atoms. The summed E-state index contributed by atoms with van der Waals surface area (Å²) in [6.07, 6.45) is 0.743. The van der Waals surface area contributed by atoms with Gasteiger partial charge in [0.1, 0.15) is 0 Å². The number of hydrogen-bond acceptors (Lipinski definition) is 3. The molecule has 5 heteroatoms. The number of sulfonamides is 1. The van der Waals surface area contributed by atoms with Gasteiger partial charge in [-0.2, -0.15) is 0 Å². The van der Waals surface area contributed by atoms with Crippen molar-refractivity contribution in [1.29, 1.82) is 0 Å². The summed E-state index contributed by atoms with van der Waals surface area (Å²) < 4.78 is 28.0. The SMILES string of the molecule is CCC(NS(=O)(=O)c1ccc(C)cc1C#CCN)C(C)C. The van der Waals surface area contributed by atoms with Crippen LogP contribution in [0.25, 0.3) is 0 Å². The van der Waals surface area contributed by atoms with Gasteiger partial charge in [0, 0.05) is 11.6 Å². The average molecular weight is 308 g/mol. The molecular weight excluding hydrogens is 284 g/mol.